The molecule has 0 radical (unpaired) electrons. The zero-order valence-corrected chi connectivity index (χ0v) is 21.9. The maximum Gasteiger partial charge on any atom is 0.283 e. The van der Waals surface area contributed by atoms with Crippen LogP contribution in [0.1, 0.15) is 46.0 Å². The Labute approximate surface area is 227 Å². The summed E-state index contributed by atoms with van der Waals surface area (Å²) in [6.07, 6.45) is 6.58. The molecule has 0 spiro atoms. The van der Waals surface area contributed by atoms with E-state index in [4.69, 9.17) is 10.8 Å². The number of hydrogen-bond acceptors (Lipinski definition) is 7. The molecule has 0 fully saturated rings. The molecule has 12 heteroatoms. The zero-order chi connectivity index (χ0) is 28.0. The maximum atomic E-state index is 14.0. The van der Waals surface area contributed by atoms with Gasteiger partial charge in [-0.1, -0.05) is 30.0 Å². The minimum absolute atomic E-state index is 0.0461. The Balaban J connectivity index is 1.45. The van der Waals surface area contributed by atoms with E-state index in [2.05, 4.69) is 32.3 Å². The standard InChI is InChI=1S/C28H24N10O2/c1-17(32-27(39)22-24(29)33-37-14-7-13-30-26(22)37)25-34-36-15-12-19(10-11-20-16-31-35(3)18(20)2)23(36)28(40)38(25)21-8-5-4-6-9-21/h4-9,12-17H,1-3H3,(H2,29,33)(H,32,39). The molecule has 1 unspecified atom stereocenters. The number of nitrogens with two attached hydrogens (primary N) is 1. The first-order valence-corrected chi connectivity index (χ1v) is 12.4. The fourth-order valence-corrected chi connectivity index (χ4v) is 4.50. The number of para-hydroxylation sites is 1. The van der Waals surface area contributed by atoms with Gasteiger partial charge in [0.05, 0.1) is 34.7 Å². The lowest BCUT2D eigenvalue weighted by Gasteiger charge is -2.19. The van der Waals surface area contributed by atoms with E-state index in [0.717, 1.165) is 11.3 Å². The predicted octanol–water partition coefficient (Wildman–Crippen LogP) is 2.04. The van der Waals surface area contributed by atoms with Gasteiger partial charge in [-0.3, -0.25) is 18.8 Å². The minimum atomic E-state index is -0.696. The van der Waals surface area contributed by atoms with Crippen LogP contribution in [0.25, 0.3) is 16.9 Å². The summed E-state index contributed by atoms with van der Waals surface area (Å²) in [5.41, 5.74) is 9.32. The SMILES string of the molecule is Cc1c(C#Cc2ccn3nc(C(C)NC(=O)c4c(N)nn5cccnc45)n(-c4ccccc4)c(=O)c23)cnn1C. The summed E-state index contributed by atoms with van der Waals surface area (Å²) in [6.45, 7) is 3.67. The smallest absolute Gasteiger partial charge is 0.283 e. The molecule has 12 nitrogen and oxygen atoms in total. The first kappa shape index (κ1) is 24.6. The molecule has 1 amide bonds. The summed E-state index contributed by atoms with van der Waals surface area (Å²) >= 11 is 0. The number of carbonyl (C=O) groups excluding carboxylic acids is 1. The Morgan fingerprint density at radius 2 is 1.80 bits per heavy atom. The van der Waals surface area contributed by atoms with Crippen LogP contribution in [-0.2, 0) is 7.05 Å². The van der Waals surface area contributed by atoms with E-state index in [1.54, 1.807) is 60.7 Å². The Hall–Kier alpha value is -5.70. The van der Waals surface area contributed by atoms with Gasteiger partial charge in [0.1, 0.15) is 11.1 Å². The van der Waals surface area contributed by atoms with Crippen LogP contribution in [0.4, 0.5) is 5.82 Å². The number of nitrogens with one attached hydrogen (secondary N) is 1. The fourth-order valence-electron chi connectivity index (χ4n) is 4.50. The summed E-state index contributed by atoms with van der Waals surface area (Å²) < 4.78 is 6.16. The molecule has 0 saturated carbocycles. The van der Waals surface area contributed by atoms with Crippen LogP contribution in [0.15, 0.2) is 72.0 Å². The number of carbonyl (C=O) groups is 1. The van der Waals surface area contributed by atoms with Crippen LogP contribution in [-0.4, -0.2) is 44.5 Å². The van der Waals surface area contributed by atoms with Gasteiger partial charge < -0.3 is 11.1 Å². The second kappa shape index (κ2) is 9.55. The molecule has 198 valence electrons. The number of anilines is 1. The van der Waals surface area contributed by atoms with Crippen molar-refractivity contribution >= 4 is 22.9 Å². The van der Waals surface area contributed by atoms with Gasteiger partial charge in [-0.05, 0) is 38.1 Å². The number of hydrogen-bond donors (Lipinski definition) is 2. The van der Waals surface area contributed by atoms with E-state index < -0.39 is 11.9 Å². The average Bonchev–Trinajstić information content (AvgIpc) is 3.62. The van der Waals surface area contributed by atoms with Crippen molar-refractivity contribution in [2.45, 2.75) is 19.9 Å². The second-order valence-corrected chi connectivity index (χ2v) is 9.22. The van der Waals surface area contributed by atoms with Crippen LogP contribution in [0.2, 0.25) is 0 Å². The third-order valence-corrected chi connectivity index (χ3v) is 6.68. The molecule has 5 heterocycles. The molecule has 1 atom stereocenters. The van der Waals surface area contributed by atoms with Gasteiger partial charge in [-0.15, -0.1) is 5.10 Å². The van der Waals surface area contributed by atoms with Crippen LogP contribution >= 0.6 is 0 Å². The lowest BCUT2D eigenvalue weighted by atomic mass is 10.2. The Morgan fingerprint density at radius 1 is 1.02 bits per heavy atom. The van der Waals surface area contributed by atoms with Gasteiger partial charge in [-0.25, -0.2) is 14.0 Å². The number of benzene rings is 1. The molecule has 0 saturated heterocycles. The second-order valence-electron chi connectivity index (χ2n) is 9.22. The first-order valence-electron chi connectivity index (χ1n) is 12.4. The highest BCUT2D eigenvalue weighted by molar-refractivity contribution is 6.04. The summed E-state index contributed by atoms with van der Waals surface area (Å²) in [5, 5.41) is 16.0. The van der Waals surface area contributed by atoms with E-state index in [1.807, 2.05) is 32.2 Å². The summed E-state index contributed by atoms with van der Waals surface area (Å²) in [5.74, 6) is 6.09. The molecule has 0 aliphatic rings. The Morgan fingerprint density at radius 3 is 2.55 bits per heavy atom. The average molecular weight is 533 g/mol. The quantitative estimate of drug-likeness (QED) is 0.331. The molecular formula is C28H24N10O2. The molecule has 40 heavy (non-hydrogen) atoms. The van der Waals surface area contributed by atoms with Crippen LogP contribution in [0, 0.1) is 18.8 Å². The molecule has 0 aliphatic heterocycles. The number of aromatic nitrogens is 8. The fraction of sp³-hybridized carbons (Fsp3) is 0.143. The normalized spacial score (nSPS) is 11.9. The lowest BCUT2D eigenvalue weighted by Crippen LogP contribution is -2.34. The maximum absolute atomic E-state index is 14.0. The van der Waals surface area contributed by atoms with Crippen molar-refractivity contribution in [3.63, 3.8) is 0 Å². The van der Waals surface area contributed by atoms with Crippen molar-refractivity contribution in [1.82, 2.24) is 43.9 Å². The number of rotatable bonds is 4. The Kier molecular flexibility index (Phi) is 5.88. The molecule has 1 aromatic carbocycles. The number of fused-ring (bicyclic) bond motifs is 2. The van der Waals surface area contributed by atoms with Gasteiger partial charge in [0, 0.05) is 25.6 Å². The highest BCUT2D eigenvalue weighted by Gasteiger charge is 2.25. The zero-order valence-electron chi connectivity index (χ0n) is 21.9. The molecule has 5 aromatic heterocycles. The molecule has 6 rings (SSSR count). The highest BCUT2D eigenvalue weighted by atomic mass is 16.2. The van der Waals surface area contributed by atoms with Crippen LogP contribution in [0.5, 0.6) is 0 Å². The van der Waals surface area contributed by atoms with Crippen LogP contribution < -0.4 is 16.6 Å². The minimum Gasteiger partial charge on any atom is -0.381 e. The van der Waals surface area contributed by atoms with Crippen molar-refractivity contribution in [2.24, 2.45) is 7.05 Å². The van der Waals surface area contributed by atoms with Crippen molar-refractivity contribution in [2.75, 3.05) is 5.73 Å². The van der Waals surface area contributed by atoms with Gasteiger partial charge >= 0.3 is 0 Å². The highest BCUT2D eigenvalue weighted by Crippen LogP contribution is 2.20. The molecular weight excluding hydrogens is 508 g/mol. The first-order chi connectivity index (χ1) is 19.3. The number of nitrogens with zero attached hydrogens (tertiary/aromatic N) is 8. The summed E-state index contributed by atoms with van der Waals surface area (Å²) in [6, 6.07) is 11.9. The summed E-state index contributed by atoms with van der Waals surface area (Å²) in [7, 11) is 1.85. The number of nitrogen functional groups attached to an aromatic ring is 1. The van der Waals surface area contributed by atoms with Gasteiger partial charge in [0.25, 0.3) is 11.5 Å². The van der Waals surface area contributed by atoms with Crippen molar-refractivity contribution in [3.05, 3.63) is 106 Å². The van der Waals surface area contributed by atoms with Gasteiger partial charge in [-0.2, -0.15) is 10.2 Å². The molecule has 6 aromatic rings. The van der Waals surface area contributed by atoms with E-state index >= 15 is 0 Å². The largest absolute Gasteiger partial charge is 0.381 e. The number of aryl methyl sites for hydroxylation is 1. The topological polar surface area (TPSA) is 142 Å². The van der Waals surface area contributed by atoms with Crippen molar-refractivity contribution < 1.29 is 4.79 Å². The van der Waals surface area contributed by atoms with Gasteiger partial charge in [0.2, 0.25) is 0 Å². The number of amides is 1. The van der Waals surface area contributed by atoms with Crippen LogP contribution in [0.3, 0.4) is 0 Å². The van der Waals surface area contributed by atoms with Crippen molar-refractivity contribution in [3.8, 4) is 17.5 Å². The lowest BCUT2D eigenvalue weighted by molar-refractivity contribution is 0.0940. The van der Waals surface area contributed by atoms with E-state index in [9.17, 15) is 9.59 Å². The van der Waals surface area contributed by atoms with E-state index in [1.165, 1.54) is 13.6 Å². The predicted molar refractivity (Wildman–Crippen MR) is 148 cm³/mol. The summed E-state index contributed by atoms with van der Waals surface area (Å²) in [4.78, 5) is 31.6. The molecule has 0 aliphatic carbocycles. The van der Waals surface area contributed by atoms with E-state index in [0.29, 0.717) is 28.2 Å². The monoisotopic (exact) mass is 532 g/mol. The molecule has 3 N–H and O–H groups in total. The molecule has 0 bridgehead atoms. The third kappa shape index (κ3) is 4.06. The van der Waals surface area contributed by atoms with E-state index in [-0.39, 0.29) is 16.9 Å². The van der Waals surface area contributed by atoms with Gasteiger partial charge in [0.15, 0.2) is 17.3 Å². The Bertz CT molecular complexity index is 2040. The third-order valence-electron chi connectivity index (χ3n) is 6.68. The van der Waals surface area contributed by atoms with Crippen molar-refractivity contribution in [1.29, 1.82) is 0 Å².